The molecule has 0 saturated heterocycles. The lowest BCUT2D eigenvalue weighted by Gasteiger charge is -2.36. The van der Waals surface area contributed by atoms with E-state index in [9.17, 15) is 5.26 Å². The van der Waals surface area contributed by atoms with Crippen LogP contribution < -0.4 is 0 Å². The van der Waals surface area contributed by atoms with Gasteiger partial charge in [-0.25, -0.2) is 0 Å². The molecule has 0 spiro atoms. The molecule has 0 bridgehead atoms. The van der Waals surface area contributed by atoms with Gasteiger partial charge in [-0.15, -0.1) is 0 Å². The Kier molecular flexibility index (Phi) is 7.20. The smallest absolute Gasteiger partial charge is 0.143 e. The molecule has 0 fully saturated rings. The van der Waals surface area contributed by atoms with Gasteiger partial charge in [0.1, 0.15) is 31.1 Å². The van der Waals surface area contributed by atoms with Gasteiger partial charge in [0.2, 0.25) is 0 Å². The average Bonchev–Trinajstić information content (AvgIpc) is 3.08. The number of ether oxygens (including phenoxy) is 2. The van der Waals surface area contributed by atoms with Crippen LogP contribution in [-0.2, 0) is 9.47 Å². The lowest BCUT2D eigenvalue weighted by molar-refractivity contribution is -0.0130. The second-order valence-electron chi connectivity index (χ2n) is 6.28. The molecule has 4 unspecified atom stereocenters. The first kappa shape index (κ1) is 20.3. The van der Waals surface area contributed by atoms with E-state index in [1.165, 1.54) is 0 Å². The third-order valence-electron chi connectivity index (χ3n) is 4.24. The summed E-state index contributed by atoms with van der Waals surface area (Å²) in [5.74, 6) is 0. The van der Waals surface area contributed by atoms with Gasteiger partial charge in [-0.05, 0) is 26.3 Å². The van der Waals surface area contributed by atoms with Crippen LogP contribution in [-0.4, -0.2) is 41.4 Å². The van der Waals surface area contributed by atoms with Crippen molar-refractivity contribution in [2.75, 3.05) is 13.3 Å². The third-order valence-corrected chi connectivity index (χ3v) is 4.24. The van der Waals surface area contributed by atoms with E-state index in [1.807, 2.05) is 59.3 Å². The van der Waals surface area contributed by atoms with Crippen LogP contribution in [0.15, 0.2) is 42.2 Å². The van der Waals surface area contributed by atoms with Crippen molar-refractivity contribution in [1.82, 2.24) is 9.80 Å². The Morgan fingerprint density at radius 2 is 1.59 bits per heavy atom. The highest BCUT2D eigenvalue weighted by atomic mass is 16.5. The Bertz CT molecular complexity index is 774. The Morgan fingerprint density at radius 3 is 2.19 bits per heavy atom. The second-order valence-corrected chi connectivity index (χ2v) is 6.28. The fraction of sp³-hybridized carbons (Fsp3) is 0.450. The van der Waals surface area contributed by atoms with Crippen molar-refractivity contribution < 1.29 is 9.47 Å². The molecule has 27 heavy (non-hydrogen) atoms. The van der Waals surface area contributed by atoms with Gasteiger partial charge < -0.3 is 19.3 Å². The molecule has 1 aromatic rings. The Labute approximate surface area is 160 Å². The highest BCUT2D eigenvalue weighted by Gasteiger charge is 2.36. The van der Waals surface area contributed by atoms with Crippen LogP contribution in [0, 0.1) is 34.0 Å². The van der Waals surface area contributed by atoms with E-state index in [0.717, 1.165) is 11.3 Å². The quantitative estimate of drug-likeness (QED) is 0.699. The van der Waals surface area contributed by atoms with Crippen LogP contribution in [0.5, 0.6) is 0 Å². The molecule has 2 rings (SSSR count). The number of nitrogens with zero attached hydrogens (tertiary/aromatic N) is 5. The van der Waals surface area contributed by atoms with Crippen molar-refractivity contribution in [3.05, 3.63) is 47.8 Å². The van der Waals surface area contributed by atoms with Crippen LogP contribution in [0.3, 0.4) is 0 Å². The number of benzene rings is 1. The summed E-state index contributed by atoms with van der Waals surface area (Å²) in [7, 11) is 0. The summed E-state index contributed by atoms with van der Waals surface area (Å²) in [5, 5.41) is 27.5. The summed E-state index contributed by atoms with van der Waals surface area (Å²) in [4.78, 5) is 3.90. The zero-order valence-electron chi connectivity index (χ0n) is 15.7. The average molecular weight is 365 g/mol. The van der Waals surface area contributed by atoms with Gasteiger partial charge in [-0.2, -0.15) is 15.8 Å². The van der Waals surface area contributed by atoms with Gasteiger partial charge in [-0.3, -0.25) is 0 Å². The summed E-state index contributed by atoms with van der Waals surface area (Å²) < 4.78 is 11.2. The van der Waals surface area contributed by atoms with E-state index in [1.54, 1.807) is 13.8 Å². The van der Waals surface area contributed by atoms with E-state index < -0.39 is 18.2 Å². The molecule has 1 aliphatic heterocycles. The number of nitriles is 3. The van der Waals surface area contributed by atoms with E-state index >= 15 is 0 Å². The van der Waals surface area contributed by atoms with E-state index in [2.05, 4.69) is 12.1 Å². The Balaban J connectivity index is 2.34. The summed E-state index contributed by atoms with van der Waals surface area (Å²) in [5.41, 5.74) is 1.78. The SMILES string of the molecule is CC(C#N)OCC1=CN(COC(C)C#N)C(c2ccccc2)N1C(C)C#N. The number of hydrogen-bond donors (Lipinski definition) is 0. The topological polar surface area (TPSA) is 96.3 Å². The molecule has 1 aromatic carbocycles. The molecule has 1 heterocycles. The Morgan fingerprint density at radius 1 is 0.963 bits per heavy atom. The minimum absolute atomic E-state index is 0.195. The van der Waals surface area contributed by atoms with Crippen molar-refractivity contribution in [2.24, 2.45) is 0 Å². The maximum Gasteiger partial charge on any atom is 0.143 e. The highest BCUT2D eigenvalue weighted by molar-refractivity contribution is 5.26. The first-order chi connectivity index (χ1) is 13.0. The molecule has 0 amide bonds. The minimum Gasteiger partial charge on any atom is -0.357 e. The zero-order valence-corrected chi connectivity index (χ0v) is 15.7. The van der Waals surface area contributed by atoms with Gasteiger partial charge in [0.15, 0.2) is 0 Å². The van der Waals surface area contributed by atoms with E-state index in [4.69, 9.17) is 20.0 Å². The molecule has 0 N–H and O–H groups in total. The normalized spacial score (nSPS) is 19.4. The molecule has 1 aliphatic rings. The molecule has 4 atom stereocenters. The predicted octanol–water partition coefficient (Wildman–Crippen LogP) is 2.87. The zero-order chi connectivity index (χ0) is 19.8. The summed E-state index contributed by atoms with van der Waals surface area (Å²) >= 11 is 0. The third kappa shape index (κ3) is 4.99. The monoisotopic (exact) mass is 365 g/mol. The fourth-order valence-corrected chi connectivity index (χ4v) is 2.85. The summed E-state index contributed by atoms with van der Waals surface area (Å²) in [6, 6.07) is 15.7. The van der Waals surface area contributed by atoms with E-state index in [-0.39, 0.29) is 19.5 Å². The molecule has 7 heteroatoms. The maximum absolute atomic E-state index is 9.54. The maximum atomic E-state index is 9.54. The molecule has 0 saturated carbocycles. The van der Waals surface area contributed by atoms with Gasteiger partial charge in [0, 0.05) is 6.20 Å². The van der Waals surface area contributed by atoms with Crippen molar-refractivity contribution in [2.45, 2.75) is 45.2 Å². The largest absolute Gasteiger partial charge is 0.357 e. The lowest BCUT2D eigenvalue weighted by Crippen LogP contribution is -2.39. The lowest BCUT2D eigenvalue weighted by atomic mass is 10.1. The van der Waals surface area contributed by atoms with Crippen LogP contribution in [0.2, 0.25) is 0 Å². The first-order valence-corrected chi connectivity index (χ1v) is 8.73. The van der Waals surface area contributed by atoms with Crippen LogP contribution in [0.1, 0.15) is 32.5 Å². The molecule has 140 valence electrons. The second kappa shape index (κ2) is 9.59. The summed E-state index contributed by atoms with van der Waals surface area (Å²) in [6.45, 7) is 5.58. The van der Waals surface area contributed by atoms with Crippen LogP contribution in [0.4, 0.5) is 0 Å². The number of hydrogen-bond acceptors (Lipinski definition) is 7. The number of rotatable bonds is 8. The van der Waals surface area contributed by atoms with Gasteiger partial charge >= 0.3 is 0 Å². The molecule has 0 aromatic heterocycles. The molecular weight excluding hydrogens is 342 g/mol. The predicted molar refractivity (Wildman–Crippen MR) is 98.1 cm³/mol. The fourth-order valence-electron chi connectivity index (χ4n) is 2.85. The van der Waals surface area contributed by atoms with E-state index in [0.29, 0.717) is 0 Å². The molecular formula is C20H23N5O2. The van der Waals surface area contributed by atoms with Gasteiger partial charge in [0.25, 0.3) is 0 Å². The molecule has 7 nitrogen and oxygen atoms in total. The van der Waals surface area contributed by atoms with Gasteiger partial charge in [-0.1, -0.05) is 30.3 Å². The van der Waals surface area contributed by atoms with Crippen molar-refractivity contribution in [3.8, 4) is 18.2 Å². The standard InChI is InChI=1S/C20H23N5O2/c1-15(9-21)25-19(13-26-16(2)10-22)12-24(14-27-17(3)11-23)20(25)18-7-5-4-6-8-18/h4-8,12,15-17,20H,13-14H2,1-3H3. The van der Waals surface area contributed by atoms with Crippen molar-refractivity contribution in [3.63, 3.8) is 0 Å². The highest BCUT2D eigenvalue weighted by Crippen LogP contribution is 2.36. The van der Waals surface area contributed by atoms with Crippen LogP contribution in [0.25, 0.3) is 0 Å². The van der Waals surface area contributed by atoms with Crippen molar-refractivity contribution >= 4 is 0 Å². The first-order valence-electron chi connectivity index (χ1n) is 8.73. The minimum atomic E-state index is -0.552. The summed E-state index contributed by atoms with van der Waals surface area (Å²) in [6.07, 6.45) is 0.516. The van der Waals surface area contributed by atoms with Crippen molar-refractivity contribution in [1.29, 1.82) is 15.8 Å². The van der Waals surface area contributed by atoms with Gasteiger partial charge in [0.05, 0.1) is 30.5 Å². The molecule has 0 radical (unpaired) electrons. The van der Waals surface area contributed by atoms with Crippen LogP contribution >= 0.6 is 0 Å². The molecule has 0 aliphatic carbocycles. The Hall–Kier alpha value is -3.05.